The third-order valence-electron chi connectivity index (χ3n) is 3.57. The van der Waals surface area contributed by atoms with E-state index < -0.39 is 43.1 Å². The van der Waals surface area contributed by atoms with E-state index in [0.29, 0.717) is 11.1 Å². The maximum atomic E-state index is 11.8. The summed E-state index contributed by atoms with van der Waals surface area (Å²) in [6.45, 7) is 1.09. The maximum Gasteiger partial charge on any atom is 0.256 e. The van der Waals surface area contributed by atoms with Crippen molar-refractivity contribution >= 4 is 17.7 Å². The minimum absolute atomic E-state index is 0.101. The second kappa shape index (κ2) is 6.79. The van der Waals surface area contributed by atoms with E-state index in [2.05, 4.69) is 5.32 Å². The number of aliphatic hydroxyl groups is 3. The van der Waals surface area contributed by atoms with Crippen LogP contribution in [0, 0.1) is 0 Å². The molecular weight excluding hydrogens is 280 g/mol. The molecule has 0 unspecified atom stereocenters. The van der Waals surface area contributed by atoms with Gasteiger partial charge < -0.3 is 20.6 Å². The van der Waals surface area contributed by atoms with Gasteiger partial charge in [0.2, 0.25) is 5.91 Å². The summed E-state index contributed by atoms with van der Waals surface area (Å²) in [5.74, 6) is -1.44. The van der Waals surface area contributed by atoms with Crippen molar-refractivity contribution in [3.8, 4) is 0 Å². The van der Waals surface area contributed by atoms with Crippen LogP contribution >= 0.6 is 0 Å². The second-order valence-electron chi connectivity index (χ2n) is 5.06. The van der Waals surface area contributed by atoms with Crippen LogP contribution in [0.1, 0.15) is 20.3 Å². The number of nitrogens with zero attached hydrogens (tertiary/aromatic N) is 1. The fourth-order valence-electron chi connectivity index (χ4n) is 1.86. The van der Waals surface area contributed by atoms with Gasteiger partial charge in [-0.2, -0.15) is 0 Å². The molecule has 0 radical (unpaired) electrons. The van der Waals surface area contributed by atoms with E-state index in [4.69, 9.17) is 15.3 Å². The van der Waals surface area contributed by atoms with Crippen LogP contribution in [0.3, 0.4) is 0 Å². The van der Waals surface area contributed by atoms with Crippen molar-refractivity contribution in [2.24, 2.45) is 0 Å². The molecule has 0 atom stereocenters. The van der Waals surface area contributed by atoms with E-state index in [1.165, 1.54) is 0 Å². The van der Waals surface area contributed by atoms with Gasteiger partial charge in [0, 0.05) is 24.1 Å². The first-order valence-corrected chi connectivity index (χ1v) is 6.49. The molecule has 21 heavy (non-hydrogen) atoms. The lowest BCUT2D eigenvalue weighted by atomic mass is 10.0. The quantitative estimate of drug-likeness (QED) is 0.399. The van der Waals surface area contributed by atoms with Gasteiger partial charge in [0.25, 0.3) is 11.8 Å². The Balaban J connectivity index is 2.59. The first-order chi connectivity index (χ1) is 9.81. The Bertz CT molecular complexity index is 449. The Morgan fingerprint density at radius 3 is 1.86 bits per heavy atom. The molecule has 0 spiro atoms. The van der Waals surface area contributed by atoms with Gasteiger partial charge in [-0.15, -0.1) is 0 Å². The lowest BCUT2D eigenvalue weighted by Gasteiger charge is -2.29. The first-order valence-electron chi connectivity index (χ1n) is 6.49. The molecule has 1 aliphatic rings. The van der Waals surface area contributed by atoms with E-state index in [0.717, 1.165) is 4.90 Å². The maximum absolute atomic E-state index is 11.8. The SMILES string of the molecule is CC1=C(C)C(=O)N(CCC(=O)NC(CO)(CO)CO)C1=O. The summed E-state index contributed by atoms with van der Waals surface area (Å²) in [5, 5.41) is 29.6. The van der Waals surface area contributed by atoms with E-state index in [9.17, 15) is 14.4 Å². The van der Waals surface area contributed by atoms with Crippen molar-refractivity contribution in [1.82, 2.24) is 10.2 Å². The van der Waals surface area contributed by atoms with Gasteiger partial charge in [-0.05, 0) is 13.8 Å². The van der Waals surface area contributed by atoms with Crippen LogP contribution in [0.2, 0.25) is 0 Å². The summed E-state index contributed by atoms with van der Waals surface area (Å²) in [6.07, 6.45) is -0.181. The van der Waals surface area contributed by atoms with Gasteiger partial charge in [0.05, 0.1) is 19.8 Å². The molecule has 0 fully saturated rings. The molecular formula is C13H20N2O6. The van der Waals surface area contributed by atoms with E-state index in [-0.39, 0.29) is 13.0 Å². The van der Waals surface area contributed by atoms with Gasteiger partial charge in [0.1, 0.15) is 5.54 Å². The number of rotatable bonds is 7. The summed E-state index contributed by atoms with van der Waals surface area (Å²) >= 11 is 0. The summed E-state index contributed by atoms with van der Waals surface area (Å²) in [5.41, 5.74) is -0.799. The molecule has 0 aliphatic carbocycles. The highest BCUT2D eigenvalue weighted by molar-refractivity contribution is 6.18. The standard InChI is InChI=1S/C13H20N2O6/c1-8-9(2)12(21)15(11(8)20)4-3-10(19)14-13(5-16,6-17)7-18/h16-18H,3-7H2,1-2H3,(H,14,19). The van der Waals surface area contributed by atoms with Crippen LogP contribution < -0.4 is 5.32 Å². The summed E-state index contributed by atoms with van der Waals surface area (Å²) in [6, 6.07) is 0. The van der Waals surface area contributed by atoms with Crippen molar-refractivity contribution in [3.63, 3.8) is 0 Å². The zero-order valence-electron chi connectivity index (χ0n) is 12.0. The number of nitrogens with one attached hydrogen (secondary N) is 1. The van der Waals surface area contributed by atoms with Crippen molar-refractivity contribution in [3.05, 3.63) is 11.1 Å². The Hall–Kier alpha value is -1.77. The van der Waals surface area contributed by atoms with Crippen molar-refractivity contribution < 1.29 is 29.7 Å². The molecule has 118 valence electrons. The van der Waals surface area contributed by atoms with Crippen molar-refractivity contribution in [1.29, 1.82) is 0 Å². The molecule has 3 amide bonds. The number of aliphatic hydroxyl groups excluding tert-OH is 3. The van der Waals surface area contributed by atoms with Gasteiger partial charge in [-0.1, -0.05) is 0 Å². The molecule has 0 bridgehead atoms. The lowest BCUT2D eigenvalue weighted by Crippen LogP contribution is -2.57. The largest absolute Gasteiger partial charge is 0.394 e. The summed E-state index contributed by atoms with van der Waals surface area (Å²) < 4.78 is 0. The molecule has 8 heteroatoms. The Morgan fingerprint density at radius 1 is 1.05 bits per heavy atom. The number of hydrogen-bond donors (Lipinski definition) is 4. The minimum Gasteiger partial charge on any atom is -0.394 e. The van der Waals surface area contributed by atoms with Gasteiger partial charge in [0.15, 0.2) is 0 Å². The average Bonchev–Trinajstić information content (AvgIpc) is 2.67. The number of imide groups is 1. The summed E-state index contributed by atoms with van der Waals surface area (Å²) in [4.78, 5) is 36.3. The second-order valence-corrected chi connectivity index (χ2v) is 5.06. The predicted octanol–water partition coefficient (Wildman–Crippen LogP) is -2.09. The molecule has 0 saturated heterocycles. The highest BCUT2D eigenvalue weighted by Gasteiger charge is 2.34. The highest BCUT2D eigenvalue weighted by Crippen LogP contribution is 2.19. The summed E-state index contributed by atoms with van der Waals surface area (Å²) in [7, 11) is 0. The van der Waals surface area contributed by atoms with E-state index >= 15 is 0 Å². The average molecular weight is 300 g/mol. The van der Waals surface area contributed by atoms with Gasteiger partial charge in [-0.25, -0.2) is 0 Å². The van der Waals surface area contributed by atoms with E-state index in [1.807, 2.05) is 0 Å². The van der Waals surface area contributed by atoms with E-state index in [1.54, 1.807) is 13.8 Å². The molecule has 8 nitrogen and oxygen atoms in total. The number of amides is 3. The van der Waals surface area contributed by atoms with Gasteiger partial charge >= 0.3 is 0 Å². The smallest absolute Gasteiger partial charge is 0.256 e. The topological polar surface area (TPSA) is 127 Å². The Kier molecular flexibility index (Phi) is 5.59. The molecule has 4 N–H and O–H groups in total. The molecule has 1 heterocycles. The Labute approximate surface area is 122 Å². The fourth-order valence-corrected chi connectivity index (χ4v) is 1.86. The normalized spacial score (nSPS) is 16.0. The molecule has 0 saturated carbocycles. The fraction of sp³-hybridized carbons (Fsp3) is 0.615. The number of hydrogen-bond acceptors (Lipinski definition) is 6. The first kappa shape index (κ1) is 17.3. The molecule has 0 aromatic carbocycles. The highest BCUT2D eigenvalue weighted by atomic mass is 16.3. The monoisotopic (exact) mass is 300 g/mol. The van der Waals surface area contributed by atoms with Gasteiger partial charge in [-0.3, -0.25) is 19.3 Å². The van der Waals surface area contributed by atoms with Crippen LogP contribution in [-0.2, 0) is 14.4 Å². The third-order valence-corrected chi connectivity index (χ3v) is 3.57. The molecule has 0 aromatic heterocycles. The number of carbonyl (C=O) groups excluding carboxylic acids is 3. The molecule has 1 aliphatic heterocycles. The minimum atomic E-state index is -1.51. The zero-order valence-corrected chi connectivity index (χ0v) is 12.0. The molecule has 0 aromatic rings. The molecule has 1 rings (SSSR count). The van der Waals surface area contributed by atoms with Crippen LogP contribution in [0.25, 0.3) is 0 Å². The van der Waals surface area contributed by atoms with Crippen molar-refractivity contribution in [2.75, 3.05) is 26.4 Å². The third kappa shape index (κ3) is 3.46. The van der Waals surface area contributed by atoms with Crippen LogP contribution in [0.5, 0.6) is 0 Å². The number of carbonyl (C=O) groups is 3. The predicted molar refractivity (Wildman–Crippen MR) is 71.8 cm³/mol. The van der Waals surface area contributed by atoms with Crippen molar-refractivity contribution in [2.45, 2.75) is 25.8 Å². The Morgan fingerprint density at radius 2 is 1.48 bits per heavy atom. The van der Waals surface area contributed by atoms with Crippen LogP contribution in [0.15, 0.2) is 11.1 Å². The van der Waals surface area contributed by atoms with Crippen LogP contribution in [-0.4, -0.2) is 69.8 Å². The zero-order chi connectivity index (χ0) is 16.2. The lowest BCUT2D eigenvalue weighted by molar-refractivity contribution is -0.138. The van der Waals surface area contributed by atoms with Crippen LogP contribution in [0.4, 0.5) is 0 Å².